The van der Waals surface area contributed by atoms with E-state index in [2.05, 4.69) is 5.32 Å². The van der Waals surface area contributed by atoms with Gasteiger partial charge in [0.25, 0.3) is 0 Å². The number of primary amides is 1. The van der Waals surface area contributed by atoms with Gasteiger partial charge in [0.15, 0.2) is 0 Å². The molecule has 0 aliphatic heterocycles. The van der Waals surface area contributed by atoms with E-state index in [1.165, 1.54) is 7.11 Å². The van der Waals surface area contributed by atoms with Gasteiger partial charge in [-0.05, 0) is 6.07 Å². The number of nitrogens with two attached hydrogens (primary N) is 1. The first kappa shape index (κ1) is 14.0. The van der Waals surface area contributed by atoms with Crippen LogP contribution in [0.2, 0.25) is 0 Å². The summed E-state index contributed by atoms with van der Waals surface area (Å²) in [7, 11) is 3.06. The van der Waals surface area contributed by atoms with Crippen molar-refractivity contribution in [2.24, 2.45) is 5.73 Å². The first-order valence-corrected chi connectivity index (χ1v) is 5.33. The van der Waals surface area contributed by atoms with E-state index >= 15 is 0 Å². The molecule has 0 aliphatic carbocycles. The fraction of sp³-hybridized carbons (Fsp3) is 0.333. The van der Waals surface area contributed by atoms with Gasteiger partial charge in [-0.3, -0.25) is 9.59 Å². The van der Waals surface area contributed by atoms with Crippen LogP contribution in [0.25, 0.3) is 0 Å². The second-order valence-corrected chi connectivity index (χ2v) is 3.54. The highest BCUT2D eigenvalue weighted by molar-refractivity contribution is 6.34. The average Bonchev–Trinajstić information content (AvgIpc) is 2.39. The van der Waals surface area contributed by atoms with Crippen LogP contribution in [0.15, 0.2) is 24.3 Å². The van der Waals surface area contributed by atoms with Crippen molar-refractivity contribution in [3.05, 3.63) is 29.8 Å². The molecule has 0 aliphatic rings. The molecule has 6 nitrogen and oxygen atoms in total. The van der Waals surface area contributed by atoms with Crippen LogP contribution >= 0.6 is 0 Å². The number of hydrogen-bond acceptors (Lipinski definition) is 4. The predicted molar refractivity (Wildman–Crippen MR) is 64.9 cm³/mol. The van der Waals surface area contributed by atoms with Crippen LogP contribution in [-0.4, -0.2) is 32.6 Å². The van der Waals surface area contributed by atoms with Crippen molar-refractivity contribution >= 4 is 11.8 Å². The van der Waals surface area contributed by atoms with Crippen molar-refractivity contribution in [3.8, 4) is 5.75 Å². The van der Waals surface area contributed by atoms with Crippen LogP contribution in [0.1, 0.15) is 11.7 Å². The zero-order valence-corrected chi connectivity index (χ0v) is 10.3. The maximum Gasteiger partial charge on any atom is 0.309 e. The number of hydrogen-bond donors (Lipinski definition) is 2. The third-order valence-electron chi connectivity index (χ3n) is 2.44. The Morgan fingerprint density at radius 1 is 1.33 bits per heavy atom. The zero-order chi connectivity index (χ0) is 13.5. The molecule has 98 valence electrons. The van der Waals surface area contributed by atoms with Crippen molar-refractivity contribution in [2.75, 3.05) is 20.8 Å². The number of methoxy groups -OCH3 is 2. The summed E-state index contributed by atoms with van der Waals surface area (Å²) in [5.41, 5.74) is 5.63. The van der Waals surface area contributed by atoms with Gasteiger partial charge in [0.05, 0.1) is 7.11 Å². The van der Waals surface area contributed by atoms with Gasteiger partial charge >= 0.3 is 11.8 Å². The maximum atomic E-state index is 11.1. The molecule has 1 aromatic carbocycles. The van der Waals surface area contributed by atoms with E-state index < -0.39 is 17.9 Å². The SMILES string of the molecule is COc1ccccc1C(CNC(=O)C(N)=O)OC. The lowest BCUT2D eigenvalue weighted by Gasteiger charge is -2.18. The Balaban J connectivity index is 2.77. The molecular weight excluding hydrogens is 236 g/mol. The third kappa shape index (κ3) is 3.46. The Labute approximate surface area is 105 Å². The molecule has 0 saturated carbocycles. The summed E-state index contributed by atoms with van der Waals surface area (Å²) >= 11 is 0. The lowest BCUT2D eigenvalue weighted by molar-refractivity contribution is -0.137. The Bertz CT molecular complexity index is 434. The molecule has 0 fully saturated rings. The number of carbonyl (C=O) groups excluding carboxylic acids is 2. The molecule has 1 aromatic rings. The number of carbonyl (C=O) groups is 2. The molecule has 2 amide bonds. The van der Waals surface area contributed by atoms with Crippen molar-refractivity contribution in [1.82, 2.24) is 5.32 Å². The summed E-state index contributed by atoms with van der Waals surface area (Å²) in [5.74, 6) is -1.21. The van der Waals surface area contributed by atoms with Gasteiger partial charge in [0.1, 0.15) is 11.9 Å². The molecular formula is C12H16N2O4. The fourth-order valence-electron chi connectivity index (χ4n) is 1.53. The normalized spacial score (nSPS) is 11.7. The number of ether oxygens (including phenoxy) is 2. The number of amides is 2. The Hall–Kier alpha value is -2.08. The molecule has 0 aromatic heterocycles. The van der Waals surface area contributed by atoms with E-state index in [1.54, 1.807) is 13.2 Å². The summed E-state index contributed by atoms with van der Waals surface area (Å²) in [6.07, 6.45) is -0.413. The minimum Gasteiger partial charge on any atom is -0.496 e. The molecule has 3 N–H and O–H groups in total. The highest BCUT2D eigenvalue weighted by Gasteiger charge is 2.17. The smallest absolute Gasteiger partial charge is 0.309 e. The van der Waals surface area contributed by atoms with Gasteiger partial charge in [-0.15, -0.1) is 0 Å². The second kappa shape index (κ2) is 6.61. The lowest BCUT2D eigenvalue weighted by Crippen LogP contribution is -2.38. The van der Waals surface area contributed by atoms with Crippen LogP contribution in [-0.2, 0) is 14.3 Å². The monoisotopic (exact) mass is 252 g/mol. The fourth-order valence-corrected chi connectivity index (χ4v) is 1.53. The standard InChI is InChI=1S/C12H16N2O4/c1-17-9-6-4-3-5-8(9)10(18-2)7-14-12(16)11(13)15/h3-6,10H,7H2,1-2H3,(H2,13,15)(H,14,16). The number of rotatable bonds is 5. The van der Waals surface area contributed by atoms with E-state index in [0.29, 0.717) is 5.75 Å². The molecule has 0 spiro atoms. The van der Waals surface area contributed by atoms with Crippen molar-refractivity contribution in [1.29, 1.82) is 0 Å². The van der Waals surface area contributed by atoms with E-state index in [1.807, 2.05) is 18.2 Å². The first-order chi connectivity index (χ1) is 8.60. The van der Waals surface area contributed by atoms with Gasteiger partial charge in [-0.2, -0.15) is 0 Å². The zero-order valence-electron chi connectivity index (χ0n) is 10.3. The Morgan fingerprint density at radius 2 is 2.00 bits per heavy atom. The lowest BCUT2D eigenvalue weighted by atomic mass is 10.1. The quantitative estimate of drug-likeness (QED) is 0.721. The second-order valence-electron chi connectivity index (χ2n) is 3.54. The summed E-state index contributed by atoms with van der Waals surface area (Å²) < 4.78 is 10.5. The molecule has 1 rings (SSSR count). The maximum absolute atomic E-state index is 11.1. The van der Waals surface area contributed by atoms with Crippen molar-refractivity contribution < 1.29 is 19.1 Å². The highest BCUT2D eigenvalue weighted by Crippen LogP contribution is 2.26. The minimum atomic E-state index is -1.02. The minimum absolute atomic E-state index is 0.138. The van der Waals surface area contributed by atoms with E-state index in [0.717, 1.165) is 5.56 Å². The Morgan fingerprint density at radius 3 is 2.56 bits per heavy atom. The molecule has 1 atom stereocenters. The van der Waals surface area contributed by atoms with Gasteiger partial charge in [-0.25, -0.2) is 0 Å². The highest BCUT2D eigenvalue weighted by atomic mass is 16.5. The van der Waals surface area contributed by atoms with Crippen LogP contribution < -0.4 is 15.8 Å². The number of nitrogens with one attached hydrogen (secondary N) is 1. The van der Waals surface area contributed by atoms with Crippen molar-refractivity contribution in [2.45, 2.75) is 6.10 Å². The third-order valence-corrected chi connectivity index (χ3v) is 2.44. The number of benzene rings is 1. The van der Waals surface area contributed by atoms with Gasteiger partial charge in [0, 0.05) is 19.2 Å². The van der Waals surface area contributed by atoms with Crippen molar-refractivity contribution in [3.63, 3.8) is 0 Å². The molecule has 1 unspecified atom stereocenters. The average molecular weight is 252 g/mol. The van der Waals surface area contributed by atoms with E-state index in [-0.39, 0.29) is 6.54 Å². The molecule has 18 heavy (non-hydrogen) atoms. The predicted octanol–water partition coefficient (Wildman–Crippen LogP) is -0.0158. The van der Waals surface area contributed by atoms with Gasteiger partial charge < -0.3 is 20.5 Å². The summed E-state index contributed by atoms with van der Waals surface area (Å²) in [5, 5.41) is 2.39. The molecule has 6 heteroatoms. The number of para-hydroxylation sites is 1. The summed E-state index contributed by atoms with van der Waals surface area (Å²) in [6, 6.07) is 7.28. The first-order valence-electron chi connectivity index (χ1n) is 5.33. The summed E-state index contributed by atoms with van der Waals surface area (Å²) in [4.78, 5) is 21.7. The van der Waals surface area contributed by atoms with Crippen LogP contribution in [0, 0.1) is 0 Å². The Kier molecular flexibility index (Phi) is 5.13. The summed E-state index contributed by atoms with van der Waals surface area (Å²) in [6.45, 7) is 0.138. The van der Waals surface area contributed by atoms with Gasteiger partial charge in [0.2, 0.25) is 0 Å². The molecule has 0 bridgehead atoms. The largest absolute Gasteiger partial charge is 0.496 e. The van der Waals surface area contributed by atoms with E-state index in [4.69, 9.17) is 15.2 Å². The molecule has 0 heterocycles. The molecule has 0 saturated heterocycles. The molecule has 0 radical (unpaired) electrons. The van der Waals surface area contributed by atoms with Gasteiger partial charge in [-0.1, -0.05) is 18.2 Å². The topological polar surface area (TPSA) is 90.6 Å². The van der Waals surface area contributed by atoms with E-state index in [9.17, 15) is 9.59 Å². The van der Waals surface area contributed by atoms with Crippen LogP contribution in [0.5, 0.6) is 5.75 Å². The van der Waals surface area contributed by atoms with Crippen LogP contribution in [0.4, 0.5) is 0 Å². The van der Waals surface area contributed by atoms with Crippen LogP contribution in [0.3, 0.4) is 0 Å².